The van der Waals surface area contributed by atoms with Gasteiger partial charge in [-0.25, -0.2) is 0 Å². The number of allylic oxidation sites excluding steroid dienone is 3. The van der Waals surface area contributed by atoms with Crippen LogP contribution in [0.25, 0.3) is 0 Å². The summed E-state index contributed by atoms with van der Waals surface area (Å²) in [6.07, 6.45) is 11.5. The molecule has 0 bridgehead atoms. The van der Waals surface area contributed by atoms with E-state index in [1.165, 1.54) is 6.42 Å². The molecule has 1 N–H and O–H groups in total. The van der Waals surface area contributed by atoms with E-state index < -0.39 is 0 Å². The van der Waals surface area contributed by atoms with Crippen LogP contribution in [-0.2, 0) is 9.53 Å². The third-order valence-corrected chi connectivity index (χ3v) is 4.80. The SMILES string of the molecule is C[C@@H](C1C=CC=CC1C[C@H]1CCO1)N1CCNCC1=O. The number of amides is 1. The van der Waals surface area contributed by atoms with Gasteiger partial charge in [0.1, 0.15) is 0 Å². The Morgan fingerprint density at radius 3 is 2.95 bits per heavy atom. The lowest BCUT2D eigenvalue weighted by molar-refractivity contribution is -0.135. The number of nitrogens with one attached hydrogen (secondary N) is 1. The monoisotopic (exact) mass is 276 g/mol. The van der Waals surface area contributed by atoms with Crippen molar-refractivity contribution in [3.63, 3.8) is 0 Å². The summed E-state index contributed by atoms with van der Waals surface area (Å²) in [6.45, 7) is 5.30. The topological polar surface area (TPSA) is 41.6 Å². The Labute approximate surface area is 120 Å². The molecule has 20 heavy (non-hydrogen) atoms. The quantitative estimate of drug-likeness (QED) is 0.842. The first-order valence-electron chi connectivity index (χ1n) is 7.72. The van der Waals surface area contributed by atoms with Gasteiger partial charge in [-0.05, 0) is 25.7 Å². The van der Waals surface area contributed by atoms with Crippen LogP contribution in [0.15, 0.2) is 24.3 Å². The van der Waals surface area contributed by atoms with E-state index in [9.17, 15) is 4.79 Å². The highest BCUT2D eigenvalue weighted by Crippen LogP contribution is 2.32. The summed E-state index contributed by atoms with van der Waals surface area (Å²) in [5, 5.41) is 3.14. The van der Waals surface area contributed by atoms with Crippen molar-refractivity contribution in [1.82, 2.24) is 10.2 Å². The lowest BCUT2D eigenvalue weighted by Crippen LogP contribution is -2.54. The fourth-order valence-corrected chi connectivity index (χ4v) is 3.46. The Balaban J connectivity index is 1.67. The van der Waals surface area contributed by atoms with Crippen molar-refractivity contribution in [2.45, 2.75) is 31.9 Å². The third kappa shape index (κ3) is 2.81. The highest BCUT2D eigenvalue weighted by Gasteiger charge is 2.34. The summed E-state index contributed by atoms with van der Waals surface area (Å²) in [7, 11) is 0. The zero-order chi connectivity index (χ0) is 13.9. The van der Waals surface area contributed by atoms with Crippen LogP contribution in [0, 0.1) is 11.8 Å². The predicted octanol–water partition coefficient (Wildman–Crippen LogP) is 1.34. The molecule has 1 aliphatic carbocycles. The molecule has 4 heteroatoms. The van der Waals surface area contributed by atoms with Gasteiger partial charge in [-0.1, -0.05) is 24.3 Å². The molecule has 0 aromatic heterocycles. The van der Waals surface area contributed by atoms with Crippen LogP contribution in [0.5, 0.6) is 0 Å². The van der Waals surface area contributed by atoms with E-state index in [0.29, 0.717) is 24.5 Å². The number of ether oxygens (including phenoxy) is 1. The van der Waals surface area contributed by atoms with Gasteiger partial charge in [0.25, 0.3) is 0 Å². The van der Waals surface area contributed by atoms with E-state index in [1.54, 1.807) is 0 Å². The maximum atomic E-state index is 12.1. The van der Waals surface area contributed by atoms with Gasteiger partial charge >= 0.3 is 0 Å². The summed E-state index contributed by atoms with van der Waals surface area (Å²) < 4.78 is 5.58. The van der Waals surface area contributed by atoms with Crippen molar-refractivity contribution >= 4 is 5.91 Å². The van der Waals surface area contributed by atoms with Crippen molar-refractivity contribution in [1.29, 1.82) is 0 Å². The third-order valence-electron chi connectivity index (χ3n) is 4.80. The minimum atomic E-state index is 0.227. The molecular formula is C16H24N2O2. The standard InChI is InChI=1S/C16H24N2O2/c1-12(18-8-7-17-11-16(18)19)15-5-3-2-4-13(15)10-14-6-9-20-14/h2-5,12-15,17H,6-11H2,1H3/t12-,13?,14+,15?/m0/s1. The molecule has 3 rings (SSSR count). The summed E-state index contributed by atoms with van der Waals surface area (Å²) >= 11 is 0. The Hall–Kier alpha value is -1.13. The van der Waals surface area contributed by atoms with Gasteiger partial charge in [-0.3, -0.25) is 4.79 Å². The predicted molar refractivity (Wildman–Crippen MR) is 78.3 cm³/mol. The van der Waals surface area contributed by atoms with Crippen LogP contribution in [0.2, 0.25) is 0 Å². The fourth-order valence-electron chi connectivity index (χ4n) is 3.46. The number of nitrogens with zero attached hydrogens (tertiary/aromatic N) is 1. The molecule has 4 atom stereocenters. The van der Waals surface area contributed by atoms with Crippen LogP contribution in [0.4, 0.5) is 0 Å². The smallest absolute Gasteiger partial charge is 0.236 e. The average molecular weight is 276 g/mol. The molecule has 4 nitrogen and oxygen atoms in total. The second kappa shape index (κ2) is 6.10. The number of carbonyl (C=O) groups is 1. The first kappa shape index (κ1) is 13.8. The highest BCUT2D eigenvalue weighted by atomic mass is 16.5. The van der Waals surface area contributed by atoms with E-state index in [4.69, 9.17) is 4.74 Å². The first-order chi connectivity index (χ1) is 9.75. The molecule has 2 unspecified atom stereocenters. The van der Waals surface area contributed by atoms with Crippen molar-refractivity contribution in [3.05, 3.63) is 24.3 Å². The van der Waals surface area contributed by atoms with E-state index in [-0.39, 0.29) is 11.9 Å². The molecule has 0 radical (unpaired) electrons. The van der Waals surface area contributed by atoms with Crippen molar-refractivity contribution < 1.29 is 9.53 Å². The largest absolute Gasteiger partial charge is 0.378 e. The van der Waals surface area contributed by atoms with Crippen molar-refractivity contribution in [2.75, 3.05) is 26.2 Å². The molecule has 110 valence electrons. The highest BCUT2D eigenvalue weighted by molar-refractivity contribution is 5.79. The molecule has 2 saturated heterocycles. The van der Waals surface area contributed by atoms with Crippen LogP contribution in [0.1, 0.15) is 19.8 Å². The zero-order valence-corrected chi connectivity index (χ0v) is 12.1. The van der Waals surface area contributed by atoms with Gasteiger partial charge in [0, 0.05) is 31.7 Å². The van der Waals surface area contributed by atoms with Crippen molar-refractivity contribution in [2.24, 2.45) is 11.8 Å². The molecule has 0 aromatic rings. The number of carbonyl (C=O) groups excluding carboxylic acids is 1. The van der Waals surface area contributed by atoms with Gasteiger partial charge in [0.05, 0.1) is 12.6 Å². The molecular weight excluding hydrogens is 252 g/mol. The molecule has 2 fully saturated rings. The number of rotatable bonds is 4. The van der Waals surface area contributed by atoms with Gasteiger partial charge in [-0.15, -0.1) is 0 Å². The lowest BCUT2D eigenvalue weighted by atomic mass is 9.78. The summed E-state index contributed by atoms with van der Waals surface area (Å²) in [5.74, 6) is 1.12. The number of piperazine rings is 1. The number of hydrogen-bond acceptors (Lipinski definition) is 3. The van der Waals surface area contributed by atoms with Gasteiger partial charge in [0.2, 0.25) is 5.91 Å². The van der Waals surface area contributed by atoms with E-state index in [0.717, 1.165) is 26.1 Å². The van der Waals surface area contributed by atoms with Gasteiger partial charge in [0.15, 0.2) is 0 Å². The second-order valence-corrected chi connectivity index (χ2v) is 6.03. The normalized spacial score (nSPS) is 35.0. The van der Waals surface area contributed by atoms with Gasteiger partial charge < -0.3 is 15.0 Å². The molecule has 2 aliphatic heterocycles. The second-order valence-electron chi connectivity index (χ2n) is 6.03. The Kier molecular flexibility index (Phi) is 4.22. The van der Waals surface area contributed by atoms with E-state index >= 15 is 0 Å². The van der Waals surface area contributed by atoms with Crippen LogP contribution < -0.4 is 5.32 Å². The minimum absolute atomic E-state index is 0.227. The molecule has 0 saturated carbocycles. The maximum Gasteiger partial charge on any atom is 0.236 e. The van der Waals surface area contributed by atoms with Crippen molar-refractivity contribution in [3.8, 4) is 0 Å². The molecule has 3 aliphatic rings. The summed E-state index contributed by atoms with van der Waals surface area (Å²) in [4.78, 5) is 14.1. The molecule has 1 amide bonds. The van der Waals surface area contributed by atoms with Crippen LogP contribution >= 0.6 is 0 Å². The summed E-state index contributed by atoms with van der Waals surface area (Å²) in [5.41, 5.74) is 0. The number of hydrogen-bond donors (Lipinski definition) is 1. The van der Waals surface area contributed by atoms with E-state index in [1.807, 2.05) is 4.90 Å². The zero-order valence-electron chi connectivity index (χ0n) is 12.1. The minimum Gasteiger partial charge on any atom is -0.378 e. The Bertz CT molecular complexity index is 415. The van der Waals surface area contributed by atoms with Gasteiger partial charge in [-0.2, -0.15) is 0 Å². The van der Waals surface area contributed by atoms with Crippen LogP contribution in [0.3, 0.4) is 0 Å². The van der Waals surface area contributed by atoms with Crippen LogP contribution in [-0.4, -0.2) is 49.2 Å². The Morgan fingerprint density at radius 1 is 1.45 bits per heavy atom. The maximum absolute atomic E-state index is 12.1. The molecule has 2 heterocycles. The fraction of sp³-hybridized carbons (Fsp3) is 0.688. The van der Waals surface area contributed by atoms with E-state index in [2.05, 4.69) is 36.5 Å². The lowest BCUT2D eigenvalue weighted by Gasteiger charge is -2.41. The average Bonchev–Trinajstić information content (AvgIpc) is 2.43. The Morgan fingerprint density at radius 2 is 2.25 bits per heavy atom. The molecule has 0 aromatic carbocycles. The first-order valence-corrected chi connectivity index (χ1v) is 7.72. The molecule has 0 spiro atoms. The summed E-state index contributed by atoms with van der Waals surface area (Å²) in [6, 6.07) is 0.260.